The summed E-state index contributed by atoms with van der Waals surface area (Å²) >= 11 is 0. The predicted octanol–water partition coefficient (Wildman–Crippen LogP) is -6.75. The van der Waals surface area contributed by atoms with Gasteiger partial charge in [-0.3, -0.25) is 71.9 Å². The topological polar surface area (TPSA) is 408 Å². The van der Waals surface area contributed by atoms with Crippen LogP contribution in [0.4, 0.5) is 0 Å². The fourth-order valence-electron chi connectivity index (χ4n) is 6.02. The van der Waals surface area contributed by atoms with E-state index in [-0.39, 0.29) is 72.0 Å². The fraction of sp³-hybridized carbons (Fsp3) is 0.735. The van der Waals surface area contributed by atoms with Crippen molar-refractivity contribution in [3.63, 3.8) is 0 Å². The monoisotopic (exact) mass is 960 g/mol. The zero-order valence-corrected chi connectivity index (χ0v) is 37.2. The van der Waals surface area contributed by atoms with Gasteiger partial charge in [0.25, 0.3) is 20.2 Å². The lowest BCUT2D eigenvalue weighted by molar-refractivity contribution is -0.140. The number of amides is 6. The number of aliphatic carboxylic acids is 3. The minimum Gasteiger partial charge on any atom is -0.480 e. The van der Waals surface area contributed by atoms with E-state index in [1.807, 2.05) is 0 Å². The third-order valence-corrected chi connectivity index (χ3v) is 10.6. The van der Waals surface area contributed by atoms with E-state index < -0.39 is 142 Å². The second-order valence-corrected chi connectivity index (χ2v) is 17.7. The van der Waals surface area contributed by atoms with E-state index in [4.69, 9.17) is 0 Å². The third kappa shape index (κ3) is 27.2. The lowest BCUT2D eigenvalue weighted by Crippen LogP contribution is -2.57. The Morgan fingerprint density at radius 3 is 1.23 bits per heavy atom. The van der Waals surface area contributed by atoms with Gasteiger partial charge >= 0.3 is 17.9 Å². The molecular weight excluding hydrogens is 901 g/mol. The molecule has 28 nitrogen and oxygen atoms in total. The Balaban J connectivity index is 3.48. The molecule has 30 heteroatoms. The maximum Gasteiger partial charge on any atom is 0.317 e. The number of carbonyl (C=O) groups is 9. The van der Waals surface area contributed by atoms with Gasteiger partial charge in [-0.05, 0) is 12.8 Å². The van der Waals surface area contributed by atoms with Crippen LogP contribution in [0.3, 0.4) is 0 Å². The second-order valence-electron chi connectivity index (χ2n) is 14.7. The number of carboxylic acids is 3. The lowest BCUT2D eigenvalue weighted by Gasteiger charge is -2.33. The molecule has 0 bridgehead atoms. The molecule has 0 saturated carbocycles. The van der Waals surface area contributed by atoms with Crippen LogP contribution >= 0.6 is 0 Å². The van der Waals surface area contributed by atoms with Crippen molar-refractivity contribution in [2.45, 2.75) is 51.2 Å². The molecule has 1 fully saturated rings. The van der Waals surface area contributed by atoms with Crippen molar-refractivity contribution in [3.05, 3.63) is 0 Å². The summed E-state index contributed by atoms with van der Waals surface area (Å²) in [6.07, 6.45) is -0.955. The number of rotatable bonds is 26. The van der Waals surface area contributed by atoms with Crippen LogP contribution in [-0.4, -0.2) is 242 Å². The van der Waals surface area contributed by atoms with Crippen molar-refractivity contribution in [1.82, 2.24) is 51.5 Å². The van der Waals surface area contributed by atoms with Crippen molar-refractivity contribution in [3.8, 4) is 0 Å². The maximum atomic E-state index is 13.8. The summed E-state index contributed by atoms with van der Waals surface area (Å²) in [5.41, 5.74) is 0. The average Bonchev–Trinajstić information content (AvgIpc) is 3.15. The van der Waals surface area contributed by atoms with E-state index >= 15 is 0 Å². The van der Waals surface area contributed by atoms with E-state index in [9.17, 15) is 84.4 Å². The first kappa shape index (κ1) is 56.9. The molecule has 366 valence electrons. The molecule has 3 atom stereocenters. The minimum absolute atomic E-state index is 0.00836. The summed E-state index contributed by atoms with van der Waals surface area (Å²) in [4.78, 5) is 118. The Kier molecular flexibility index (Phi) is 25.5. The van der Waals surface area contributed by atoms with Crippen LogP contribution < -0.4 is 31.9 Å². The van der Waals surface area contributed by atoms with E-state index in [2.05, 4.69) is 31.9 Å². The molecule has 64 heavy (non-hydrogen) atoms. The Bertz CT molecular complexity index is 1820. The maximum absolute atomic E-state index is 13.8. The number of hydrogen-bond donors (Lipinski definition) is 11. The van der Waals surface area contributed by atoms with E-state index in [1.165, 1.54) is 26.5 Å². The van der Waals surface area contributed by atoms with Gasteiger partial charge in [0.1, 0.15) is 29.6 Å². The Morgan fingerprint density at radius 1 is 0.500 bits per heavy atom. The third-order valence-electron chi connectivity index (χ3n) is 9.07. The van der Waals surface area contributed by atoms with Gasteiger partial charge in [0.15, 0.2) is 0 Å². The molecule has 1 rings (SSSR count). The van der Waals surface area contributed by atoms with Gasteiger partial charge in [-0.2, -0.15) is 16.8 Å². The van der Waals surface area contributed by atoms with Crippen LogP contribution in [-0.2, 0) is 63.4 Å². The molecule has 0 aromatic rings. The predicted molar refractivity (Wildman–Crippen MR) is 222 cm³/mol. The second kappa shape index (κ2) is 28.6. The molecule has 0 radical (unpaired) electrons. The molecule has 0 aromatic heterocycles. The highest BCUT2D eigenvalue weighted by atomic mass is 32.2. The minimum atomic E-state index is -4.97. The van der Waals surface area contributed by atoms with E-state index in [0.29, 0.717) is 6.42 Å². The van der Waals surface area contributed by atoms with Gasteiger partial charge in [0.05, 0.1) is 26.2 Å². The molecule has 0 aromatic carbocycles. The van der Waals surface area contributed by atoms with Gasteiger partial charge in [-0.1, -0.05) is 6.92 Å². The first-order valence-electron chi connectivity index (χ1n) is 19.9. The molecule has 6 amide bonds. The molecule has 0 unspecified atom stereocenters. The fourth-order valence-corrected chi connectivity index (χ4v) is 7.33. The highest BCUT2D eigenvalue weighted by Crippen LogP contribution is 2.06. The first-order chi connectivity index (χ1) is 29.8. The Labute approximate surface area is 369 Å². The van der Waals surface area contributed by atoms with Crippen LogP contribution in [0, 0.1) is 0 Å². The summed E-state index contributed by atoms with van der Waals surface area (Å²) in [5.74, 6) is -12.0. The first-order valence-corrected chi connectivity index (χ1v) is 23.1. The van der Waals surface area contributed by atoms with E-state index in [1.54, 1.807) is 6.92 Å². The standard InChI is InChI=1S/C34H60N10O18S2/c1-3-6-36-32(54)25(21-63(57,58)59)39-27(46)5-4-24(34(56)40-26(22-64(60,61)62)33(55)37-8-7-35-23(2)45)38-28(47)17-41-9-11-42(18-29(48)49)13-15-44(20-31(52)53)16-14-43(12-10-41)19-30(50)51/h24-26H,3-22H2,1-2H3,(H,35,45)(H,36,54)(H,37,55)(H,38,47)(H,39,46)(H,40,56)(H,48,49)(H,50,51)(H,52,53)(H,57,58,59)(H,60,61,62)/t24-,25-,26-/m0/s1. The van der Waals surface area contributed by atoms with Gasteiger partial charge in [0.2, 0.25) is 35.4 Å². The Hall–Kier alpha value is -5.11. The molecule has 1 aliphatic rings. The summed E-state index contributed by atoms with van der Waals surface area (Å²) in [6.45, 7) is 1.01. The highest BCUT2D eigenvalue weighted by molar-refractivity contribution is 7.86. The average molecular weight is 961 g/mol. The number of carbonyl (C=O) groups excluding carboxylic acids is 6. The SMILES string of the molecule is CCCNC(=O)[C@H](CS(=O)(=O)O)NC(=O)CC[C@H](NC(=O)CN1CCN(CC(=O)O)CCN(CC(=O)O)CCN(CC(=O)O)CC1)C(=O)N[C@@H](CS(=O)(=O)O)C(=O)NCCNC(C)=O. The molecule has 11 N–H and O–H groups in total. The molecule has 1 saturated heterocycles. The van der Waals surface area contributed by atoms with Gasteiger partial charge < -0.3 is 47.2 Å². The molecule has 1 aliphatic heterocycles. The van der Waals surface area contributed by atoms with Crippen molar-refractivity contribution < 1.29 is 84.4 Å². The van der Waals surface area contributed by atoms with Crippen molar-refractivity contribution in [1.29, 1.82) is 0 Å². The number of nitrogens with zero attached hydrogens (tertiary/aromatic N) is 4. The molecule has 0 aliphatic carbocycles. The highest BCUT2D eigenvalue weighted by Gasteiger charge is 2.32. The van der Waals surface area contributed by atoms with Crippen molar-refractivity contribution >= 4 is 73.6 Å². The largest absolute Gasteiger partial charge is 0.480 e. The van der Waals surface area contributed by atoms with E-state index in [0.717, 1.165) is 0 Å². The lowest BCUT2D eigenvalue weighted by atomic mass is 10.1. The van der Waals surface area contributed by atoms with Crippen LogP contribution in [0.25, 0.3) is 0 Å². The number of hydrogen-bond acceptors (Lipinski definition) is 17. The summed E-state index contributed by atoms with van der Waals surface area (Å²) < 4.78 is 65.9. The summed E-state index contributed by atoms with van der Waals surface area (Å²) in [6, 6.07) is -5.59. The number of nitrogens with one attached hydrogen (secondary N) is 6. The van der Waals surface area contributed by atoms with Gasteiger partial charge in [-0.15, -0.1) is 0 Å². The van der Waals surface area contributed by atoms with Crippen LogP contribution in [0.5, 0.6) is 0 Å². The normalized spacial score (nSPS) is 16.6. The Morgan fingerprint density at radius 2 is 0.859 bits per heavy atom. The molecule has 0 spiro atoms. The quantitative estimate of drug-likeness (QED) is 0.0283. The van der Waals surface area contributed by atoms with Crippen LogP contribution in [0.15, 0.2) is 0 Å². The zero-order chi connectivity index (χ0) is 48.6. The van der Waals surface area contributed by atoms with Crippen molar-refractivity contribution in [2.24, 2.45) is 0 Å². The molecule has 1 heterocycles. The van der Waals surface area contributed by atoms with Crippen LogP contribution in [0.2, 0.25) is 0 Å². The van der Waals surface area contributed by atoms with Crippen molar-refractivity contribution in [2.75, 3.05) is 110 Å². The number of carboxylic acid groups (broad SMARTS) is 3. The summed E-state index contributed by atoms with van der Waals surface area (Å²) in [5, 5.41) is 42.0. The zero-order valence-electron chi connectivity index (χ0n) is 35.5. The van der Waals surface area contributed by atoms with Gasteiger partial charge in [-0.25, -0.2) is 0 Å². The smallest absolute Gasteiger partial charge is 0.317 e. The van der Waals surface area contributed by atoms with Gasteiger partial charge in [0, 0.05) is 85.3 Å². The molecular formula is C34H60N10O18S2. The summed E-state index contributed by atoms with van der Waals surface area (Å²) in [7, 11) is -9.78. The van der Waals surface area contributed by atoms with Crippen LogP contribution in [0.1, 0.15) is 33.1 Å².